The average molecular weight is 184 g/mol. The van der Waals surface area contributed by atoms with Crippen molar-refractivity contribution in [2.45, 2.75) is 32.1 Å². The second kappa shape index (κ2) is 6.61. The molecule has 0 aliphatic heterocycles. The maximum atomic E-state index is 10.2. The molecule has 4 heteroatoms. The van der Waals surface area contributed by atoms with Gasteiger partial charge in [-0.25, -0.2) is 0 Å². The van der Waals surface area contributed by atoms with E-state index in [0.717, 1.165) is 6.42 Å². The first-order valence-corrected chi connectivity index (χ1v) is 5.09. The van der Waals surface area contributed by atoms with E-state index in [9.17, 15) is 8.76 Å². The van der Waals surface area contributed by atoms with Gasteiger partial charge in [-0.1, -0.05) is 36.8 Å². The second-order valence-electron chi connectivity index (χ2n) is 2.95. The van der Waals surface area contributed by atoms with Gasteiger partial charge in [0.2, 0.25) is 0 Å². The van der Waals surface area contributed by atoms with E-state index in [4.69, 9.17) is 0 Å². The van der Waals surface area contributed by atoms with Crippen LogP contribution in [0.1, 0.15) is 32.1 Å². The first-order chi connectivity index (χ1) is 4.79. The molecule has 1 aliphatic rings. The second-order valence-corrected chi connectivity index (χ2v) is 3.96. The standard InChI is InChI=1S/C7H14O2S.Na/c8-10(9)6-5-7-3-1-2-4-7;/h7H,1-6H2,(H,8,9);/q;+1/p-1. The SMILES string of the molecule is O=S([O-])CCC1CCCC1.[Na+]. The molecule has 60 valence electrons. The van der Waals surface area contributed by atoms with Gasteiger partial charge in [-0.05, 0) is 12.3 Å². The van der Waals surface area contributed by atoms with E-state index in [1.165, 1.54) is 25.7 Å². The molecule has 0 amide bonds. The van der Waals surface area contributed by atoms with E-state index in [1.807, 2.05) is 0 Å². The first-order valence-electron chi connectivity index (χ1n) is 3.85. The number of rotatable bonds is 3. The Balaban J connectivity index is 0.000001000. The van der Waals surface area contributed by atoms with Crippen LogP contribution in [-0.2, 0) is 11.1 Å². The Morgan fingerprint density at radius 1 is 1.36 bits per heavy atom. The molecule has 11 heavy (non-hydrogen) atoms. The molecule has 0 spiro atoms. The Kier molecular flexibility index (Phi) is 7.27. The number of hydrogen-bond donors (Lipinski definition) is 0. The molecule has 1 aliphatic carbocycles. The monoisotopic (exact) mass is 184 g/mol. The zero-order chi connectivity index (χ0) is 7.40. The third-order valence-electron chi connectivity index (χ3n) is 2.17. The molecule has 1 saturated carbocycles. The Morgan fingerprint density at radius 2 is 1.91 bits per heavy atom. The Labute approximate surface area is 92.7 Å². The molecule has 1 unspecified atom stereocenters. The minimum Gasteiger partial charge on any atom is -0.772 e. The summed E-state index contributed by atoms with van der Waals surface area (Å²) in [7, 11) is 0. The molecule has 2 nitrogen and oxygen atoms in total. The molecule has 0 heterocycles. The van der Waals surface area contributed by atoms with Crippen molar-refractivity contribution in [3.8, 4) is 0 Å². The zero-order valence-corrected chi connectivity index (χ0v) is 9.86. The topological polar surface area (TPSA) is 40.1 Å². The summed E-state index contributed by atoms with van der Waals surface area (Å²) < 4.78 is 20.3. The zero-order valence-electron chi connectivity index (χ0n) is 7.04. The van der Waals surface area contributed by atoms with E-state index in [1.54, 1.807) is 0 Å². The van der Waals surface area contributed by atoms with Crippen LogP contribution in [0.3, 0.4) is 0 Å². The molecule has 0 N–H and O–H groups in total. The van der Waals surface area contributed by atoms with Gasteiger partial charge in [0, 0.05) is 5.75 Å². The summed E-state index contributed by atoms with van der Waals surface area (Å²) >= 11 is -1.81. The Bertz CT molecular complexity index is 124. The van der Waals surface area contributed by atoms with Crippen LogP contribution >= 0.6 is 0 Å². The van der Waals surface area contributed by atoms with Crippen molar-refractivity contribution in [3.05, 3.63) is 0 Å². The van der Waals surface area contributed by atoms with Gasteiger partial charge < -0.3 is 4.55 Å². The predicted octanol–water partition coefficient (Wildman–Crippen LogP) is -1.55. The Hall–Kier alpha value is 1.11. The molecule has 0 aromatic carbocycles. The molecule has 0 radical (unpaired) electrons. The summed E-state index contributed by atoms with van der Waals surface area (Å²) in [5.74, 6) is 1.07. The van der Waals surface area contributed by atoms with Gasteiger partial charge in [0.15, 0.2) is 0 Å². The van der Waals surface area contributed by atoms with Crippen molar-refractivity contribution in [3.63, 3.8) is 0 Å². The van der Waals surface area contributed by atoms with Crippen molar-refractivity contribution in [1.82, 2.24) is 0 Å². The largest absolute Gasteiger partial charge is 1.00 e. The summed E-state index contributed by atoms with van der Waals surface area (Å²) in [4.78, 5) is 0. The van der Waals surface area contributed by atoms with E-state index in [0.29, 0.717) is 11.7 Å². The normalized spacial score (nSPS) is 21.2. The first kappa shape index (κ1) is 12.1. The summed E-state index contributed by atoms with van der Waals surface area (Å²) in [5.41, 5.74) is 0. The van der Waals surface area contributed by atoms with Crippen LogP contribution in [0.5, 0.6) is 0 Å². The van der Waals surface area contributed by atoms with Gasteiger partial charge >= 0.3 is 29.6 Å². The van der Waals surface area contributed by atoms with Gasteiger partial charge in [-0.2, -0.15) is 0 Å². The fourth-order valence-corrected chi connectivity index (χ4v) is 2.09. The van der Waals surface area contributed by atoms with Crippen LogP contribution in [0.15, 0.2) is 0 Å². The molecule has 0 aromatic rings. The van der Waals surface area contributed by atoms with E-state index >= 15 is 0 Å². The van der Waals surface area contributed by atoms with Crippen molar-refractivity contribution in [2.24, 2.45) is 5.92 Å². The average Bonchev–Trinajstić information content (AvgIpc) is 2.34. The van der Waals surface area contributed by atoms with Crippen LogP contribution < -0.4 is 29.6 Å². The minimum atomic E-state index is -1.81. The number of hydrogen-bond acceptors (Lipinski definition) is 2. The quantitative estimate of drug-likeness (QED) is 0.393. The molecule has 0 bridgehead atoms. The fourth-order valence-electron chi connectivity index (χ4n) is 1.56. The van der Waals surface area contributed by atoms with Crippen LogP contribution in [0, 0.1) is 5.92 Å². The summed E-state index contributed by atoms with van der Waals surface area (Å²) in [6.45, 7) is 0. The molecule has 1 rings (SSSR count). The van der Waals surface area contributed by atoms with Crippen molar-refractivity contribution in [1.29, 1.82) is 0 Å². The summed E-state index contributed by atoms with van der Waals surface area (Å²) in [5, 5.41) is 0. The van der Waals surface area contributed by atoms with Crippen LogP contribution in [-0.4, -0.2) is 14.5 Å². The van der Waals surface area contributed by atoms with Gasteiger partial charge in [0.25, 0.3) is 0 Å². The maximum absolute atomic E-state index is 10.2. The predicted molar refractivity (Wildman–Crippen MR) is 40.4 cm³/mol. The van der Waals surface area contributed by atoms with Gasteiger partial charge in [0.05, 0.1) is 0 Å². The maximum Gasteiger partial charge on any atom is 1.00 e. The third kappa shape index (κ3) is 5.36. The third-order valence-corrected chi connectivity index (χ3v) is 2.74. The van der Waals surface area contributed by atoms with Gasteiger partial charge in [0.1, 0.15) is 0 Å². The van der Waals surface area contributed by atoms with Crippen LogP contribution in [0.25, 0.3) is 0 Å². The van der Waals surface area contributed by atoms with Crippen molar-refractivity contribution < 1.29 is 38.3 Å². The molecule has 0 aromatic heterocycles. The van der Waals surface area contributed by atoms with E-state index in [2.05, 4.69) is 0 Å². The van der Waals surface area contributed by atoms with E-state index in [-0.39, 0.29) is 29.6 Å². The van der Waals surface area contributed by atoms with Crippen LogP contribution in [0.2, 0.25) is 0 Å². The molecule has 1 atom stereocenters. The minimum absolute atomic E-state index is 0. The molecular weight excluding hydrogens is 171 g/mol. The molecule has 0 saturated heterocycles. The van der Waals surface area contributed by atoms with E-state index < -0.39 is 11.1 Å². The fraction of sp³-hybridized carbons (Fsp3) is 1.00. The summed E-state index contributed by atoms with van der Waals surface area (Å²) in [6.07, 6.45) is 5.98. The molecular formula is C7H13NaO2S. The van der Waals surface area contributed by atoms with Crippen LogP contribution in [0.4, 0.5) is 0 Å². The van der Waals surface area contributed by atoms with Gasteiger partial charge in [-0.3, -0.25) is 4.21 Å². The van der Waals surface area contributed by atoms with Crippen molar-refractivity contribution in [2.75, 3.05) is 5.75 Å². The Morgan fingerprint density at radius 3 is 2.36 bits per heavy atom. The van der Waals surface area contributed by atoms with Gasteiger partial charge in [-0.15, -0.1) is 0 Å². The summed E-state index contributed by atoms with van der Waals surface area (Å²) in [6, 6.07) is 0. The van der Waals surface area contributed by atoms with Crippen molar-refractivity contribution >= 4 is 11.1 Å². The molecule has 1 fully saturated rings. The smallest absolute Gasteiger partial charge is 0.772 e.